The number of hydrogen-bond donors (Lipinski definition) is 2. The second-order valence-corrected chi connectivity index (χ2v) is 8.46. The number of nitrogens with zero attached hydrogens (tertiary/aromatic N) is 1. The monoisotopic (exact) mass is 369 g/mol. The Kier molecular flexibility index (Phi) is 7.07. The van der Waals surface area contributed by atoms with Crippen LogP contribution in [0.4, 0.5) is 0 Å². The number of aliphatic imine (C=N–C) groups is 1. The summed E-state index contributed by atoms with van der Waals surface area (Å²) in [5.41, 5.74) is 2.15. The van der Waals surface area contributed by atoms with Crippen LogP contribution >= 0.6 is 0 Å². The molecule has 140 valence electrons. The topological polar surface area (TPSA) is 89.0 Å². The molecule has 0 aliphatic carbocycles. The molecule has 2 rings (SSSR count). The second-order valence-electron chi connectivity index (χ2n) is 6.20. The lowest BCUT2D eigenvalue weighted by Crippen LogP contribution is -2.39. The van der Waals surface area contributed by atoms with E-state index < -0.39 is 9.84 Å². The number of nitrogens with one attached hydrogen (secondary N) is 2. The minimum Gasteiger partial charge on any atom is -0.488 e. The Bertz CT molecular complexity index is 698. The lowest BCUT2D eigenvalue weighted by Gasteiger charge is -2.18. The van der Waals surface area contributed by atoms with Gasteiger partial charge in [0.1, 0.15) is 21.7 Å². The normalized spacial score (nSPS) is 18.2. The molecule has 1 atom stereocenters. The SMILES string of the molecule is CN=C(NCCS(C)(=O)=O)NCc1ccc(C)cc1OC1CCOC1. The third kappa shape index (κ3) is 6.91. The smallest absolute Gasteiger partial charge is 0.191 e. The Morgan fingerprint density at radius 3 is 2.84 bits per heavy atom. The fourth-order valence-electron chi connectivity index (χ4n) is 2.46. The molecular formula is C17H27N3O4S. The quantitative estimate of drug-likeness (QED) is 0.548. The minimum absolute atomic E-state index is 0.0638. The molecule has 1 aliphatic heterocycles. The lowest BCUT2D eigenvalue weighted by molar-refractivity contribution is 0.140. The van der Waals surface area contributed by atoms with E-state index in [0.29, 0.717) is 25.7 Å². The summed E-state index contributed by atoms with van der Waals surface area (Å²) in [5, 5.41) is 6.19. The third-order valence-corrected chi connectivity index (χ3v) is 4.79. The Hall–Kier alpha value is -1.80. The van der Waals surface area contributed by atoms with E-state index in [9.17, 15) is 8.42 Å². The van der Waals surface area contributed by atoms with Crippen molar-refractivity contribution < 1.29 is 17.9 Å². The highest BCUT2D eigenvalue weighted by molar-refractivity contribution is 7.90. The molecule has 0 spiro atoms. The van der Waals surface area contributed by atoms with Gasteiger partial charge >= 0.3 is 0 Å². The largest absolute Gasteiger partial charge is 0.488 e. The predicted octanol–water partition coefficient (Wildman–Crippen LogP) is 0.872. The summed E-state index contributed by atoms with van der Waals surface area (Å²) < 4.78 is 33.8. The first kappa shape index (κ1) is 19.5. The van der Waals surface area contributed by atoms with E-state index in [4.69, 9.17) is 9.47 Å². The van der Waals surface area contributed by atoms with Crippen molar-refractivity contribution in [2.45, 2.75) is 26.0 Å². The zero-order valence-corrected chi connectivity index (χ0v) is 15.9. The van der Waals surface area contributed by atoms with E-state index >= 15 is 0 Å². The van der Waals surface area contributed by atoms with Crippen LogP contribution in [0.3, 0.4) is 0 Å². The Labute approximate surface area is 149 Å². The first-order valence-electron chi connectivity index (χ1n) is 8.33. The summed E-state index contributed by atoms with van der Waals surface area (Å²) >= 11 is 0. The molecule has 1 heterocycles. The molecule has 7 nitrogen and oxygen atoms in total. The minimum atomic E-state index is -3.00. The molecule has 0 aromatic heterocycles. The lowest BCUT2D eigenvalue weighted by atomic mass is 10.1. The van der Waals surface area contributed by atoms with Crippen LogP contribution in [0.2, 0.25) is 0 Å². The zero-order chi connectivity index (χ0) is 18.3. The summed E-state index contributed by atoms with van der Waals surface area (Å²) in [7, 11) is -1.35. The van der Waals surface area contributed by atoms with Crippen LogP contribution in [-0.4, -0.2) is 59.3 Å². The van der Waals surface area contributed by atoms with Crippen molar-refractivity contribution in [3.05, 3.63) is 29.3 Å². The van der Waals surface area contributed by atoms with Crippen LogP contribution in [-0.2, 0) is 21.1 Å². The van der Waals surface area contributed by atoms with Crippen LogP contribution in [0.5, 0.6) is 5.75 Å². The molecule has 1 aromatic carbocycles. The van der Waals surface area contributed by atoms with Crippen LogP contribution in [0, 0.1) is 6.92 Å². The van der Waals surface area contributed by atoms with Crippen molar-refractivity contribution in [3.63, 3.8) is 0 Å². The summed E-state index contributed by atoms with van der Waals surface area (Å²) in [5.74, 6) is 1.46. The highest BCUT2D eigenvalue weighted by Gasteiger charge is 2.18. The summed E-state index contributed by atoms with van der Waals surface area (Å²) in [6, 6.07) is 6.08. The van der Waals surface area contributed by atoms with Gasteiger partial charge in [0.15, 0.2) is 5.96 Å². The van der Waals surface area contributed by atoms with Gasteiger partial charge in [-0.05, 0) is 18.6 Å². The number of rotatable bonds is 7. The van der Waals surface area contributed by atoms with E-state index in [1.165, 1.54) is 6.26 Å². The maximum atomic E-state index is 11.2. The van der Waals surface area contributed by atoms with E-state index in [1.807, 2.05) is 25.1 Å². The molecule has 1 unspecified atom stereocenters. The molecule has 8 heteroatoms. The van der Waals surface area contributed by atoms with Gasteiger partial charge in [0.05, 0.1) is 19.0 Å². The number of aryl methyl sites for hydroxylation is 1. The molecular weight excluding hydrogens is 342 g/mol. The fourth-order valence-corrected chi connectivity index (χ4v) is 2.93. The predicted molar refractivity (Wildman–Crippen MR) is 98.9 cm³/mol. The highest BCUT2D eigenvalue weighted by Crippen LogP contribution is 2.23. The molecule has 1 fully saturated rings. The first-order chi connectivity index (χ1) is 11.9. The van der Waals surface area contributed by atoms with Gasteiger partial charge in [-0.2, -0.15) is 0 Å². The van der Waals surface area contributed by atoms with Gasteiger partial charge in [-0.25, -0.2) is 8.42 Å². The van der Waals surface area contributed by atoms with Crippen molar-refractivity contribution in [1.29, 1.82) is 0 Å². The van der Waals surface area contributed by atoms with Gasteiger partial charge in [0.2, 0.25) is 0 Å². The van der Waals surface area contributed by atoms with Gasteiger partial charge in [-0.1, -0.05) is 12.1 Å². The second kappa shape index (κ2) is 9.05. The molecule has 0 amide bonds. The van der Waals surface area contributed by atoms with Gasteiger partial charge in [-0.3, -0.25) is 4.99 Å². The van der Waals surface area contributed by atoms with Crippen molar-refractivity contribution in [1.82, 2.24) is 10.6 Å². The molecule has 0 saturated carbocycles. The number of hydrogen-bond acceptors (Lipinski definition) is 5. The van der Waals surface area contributed by atoms with Gasteiger partial charge in [0.25, 0.3) is 0 Å². The molecule has 25 heavy (non-hydrogen) atoms. The van der Waals surface area contributed by atoms with Gasteiger partial charge in [-0.15, -0.1) is 0 Å². The van der Waals surface area contributed by atoms with Crippen LogP contribution in [0.25, 0.3) is 0 Å². The van der Waals surface area contributed by atoms with Crippen molar-refractivity contribution in [3.8, 4) is 5.75 Å². The fraction of sp³-hybridized carbons (Fsp3) is 0.588. The summed E-state index contributed by atoms with van der Waals surface area (Å²) in [6.07, 6.45) is 2.20. The standard InChI is InChI=1S/C17H27N3O4S/c1-13-4-5-14(16(10-13)24-15-6-8-23-12-15)11-20-17(18-2)19-7-9-25(3,21)22/h4-5,10,15H,6-9,11-12H2,1-3H3,(H2,18,19,20). The van der Waals surface area contributed by atoms with Crippen LogP contribution < -0.4 is 15.4 Å². The maximum Gasteiger partial charge on any atom is 0.191 e. The summed E-state index contributed by atoms with van der Waals surface area (Å²) in [6.45, 7) is 4.23. The molecule has 0 bridgehead atoms. The Balaban J connectivity index is 1.94. The van der Waals surface area contributed by atoms with Crippen LogP contribution in [0.1, 0.15) is 17.5 Å². The number of guanidine groups is 1. The van der Waals surface area contributed by atoms with E-state index in [1.54, 1.807) is 7.05 Å². The Morgan fingerprint density at radius 1 is 1.40 bits per heavy atom. The molecule has 1 aromatic rings. The van der Waals surface area contributed by atoms with Crippen molar-refractivity contribution >= 4 is 15.8 Å². The van der Waals surface area contributed by atoms with Crippen molar-refractivity contribution in [2.24, 2.45) is 4.99 Å². The van der Waals surface area contributed by atoms with E-state index in [0.717, 1.165) is 29.9 Å². The van der Waals surface area contributed by atoms with Gasteiger partial charge in [0, 0.05) is 38.4 Å². The van der Waals surface area contributed by atoms with Gasteiger partial charge < -0.3 is 20.1 Å². The maximum absolute atomic E-state index is 11.2. The highest BCUT2D eigenvalue weighted by atomic mass is 32.2. The van der Waals surface area contributed by atoms with E-state index in [-0.39, 0.29) is 11.9 Å². The average Bonchev–Trinajstić information content (AvgIpc) is 3.04. The number of ether oxygens (including phenoxy) is 2. The molecule has 1 aliphatic rings. The first-order valence-corrected chi connectivity index (χ1v) is 10.4. The molecule has 0 radical (unpaired) electrons. The third-order valence-electron chi connectivity index (χ3n) is 3.84. The summed E-state index contributed by atoms with van der Waals surface area (Å²) in [4.78, 5) is 4.11. The Morgan fingerprint density at radius 2 is 2.20 bits per heavy atom. The van der Waals surface area contributed by atoms with E-state index in [2.05, 4.69) is 15.6 Å². The molecule has 1 saturated heterocycles. The zero-order valence-electron chi connectivity index (χ0n) is 15.0. The van der Waals surface area contributed by atoms with Crippen LogP contribution in [0.15, 0.2) is 23.2 Å². The number of sulfone groups is 1. The molecule has 2 N–H and O–H groups in total. The van der Waals surface area contributed by atoms with Crippen molar-refractivity contribution in [2.75, 3.05) is 38.8 Å². The average molecular weight is 369 g/mol. The number of benzene rings is 1.